The number of rotatable bonds is 8. The molecule has 0 spiro atoms. The molecule has 0 aliphatic carbocycles. The molecule has 8 nitrogen and oxygen atoms in total. The Bertz CT molecular complexity index is 1010. The summed E-state index contributed by atoms with van der Waals surface area (Å²) in [6.45, 7) is 2.84. The summed E-state index contributed by atoms with van der Waals surface area (Å²) < 4.78 is 45.0. The average molecular weight is 564 g/mol. The van der Waals surface area contributed by atoms with Crippen LogP contribution in [0.4, 0.5) is 13.2 Å². The lowest BCUT2D eigenvalue weighted by Gasteiger charge is -2.16. The Morgan fingerprint density at radius 1 is 1.16 bits per heavy atom. The third-order valence-electron chi connectivity index (χ3n) is 4.24. The van der Waals surface area contributed by atoms with Crippen LogP contribution in [0.3, 0.4) is 0 Å². The molecule has 1 atom stereocenters. The number of hydrogen-bond acceptors (Lipinski definition) is 5. The SMILES string of the molecule is CCNC(=NCc1nnc2ccccn12)NCC(O)COc1ccc(C(F)(F)F)cc1.I. The summed E-state index contributed by atoms with van der Waals surface area (Å²) in [4.78, 5) is 4.44. The number of guanidine groups is 1. The van der Waals surface area contributed by atoms with Crippen molar-refractivity contribution in [2.75, 3.05) is 19.7 Å². The Balaban J connectivity index is 0.00000363. The second kappa shape index (κ2) is 11.9. The summed E-state index contributed by atoms with van der Waals surface area (Å²) in [6.07, 6.45) is -3.45. The smallest absolute Gasteiger partial charge is 0.416 e. The number of ether oxygens (including phenoxy) is 1. The summed E-state index contributed by atoms with van der Waals surface area (Å²) in [5.41, 5.74) is -0.0319. The van der Waals surface area contributed by atoms with Gasteiger partial charge in [0.1, 0.15) is 25.0 Å². The van der Waals surface area contributed by atoms with Gasteiger partial charge in [0.2, 0.25) is 0 Å². The van der Waals surface area contributed by atoms with Gasteiger partial charge in [0.05, 0.1) is 5.56 Å². The van der Waals surface area contributed by atoms with E-state index in [0.717, 1.165) is 17.8 Å². The predicted molar refractivity (Wildman–Crippen MR) is 124 cm³/mol. The number of nitrogens with one attached hydrogen (secondary N) is 2. The number of fused-ring (bicyclic) bond motifs is 1. The molecule has 0 amide bonds. The van der Waals surface area contributed by atoms with E-state index in [1.54, 1.807) is 0 Å². The van der Waals surface area contributed by atoms with Crippen molar-refractivity contribution in [1.82, 2.24) is 25.2 Å². The molecule has 32 heavy (non-hydrogen) atoms. The number of pyridine rings is 1. The van der Waals surface area contributed by atoms with Gasteiger partial charge in [0, 0.05) is 19.3 Å². The van der Waals surface area contributed by atoms with E-state index < -0.39 is 17.8 Å². The molecule has 0 aliphatic rings. The maximum absolute atomic E-state index is 12.6. The zero-order chi connectivity index (χ0) is 22.3. The lowest BCUT2D eigenvalue weighted by Crippen LogP contribution is -2.42. The summed E-state index contributed by atoms with van der Waals surface area (Å²) in [5, 5.41) is 24.4. The molecule has 3 N–H and O–H groups in total. The van der Waals surface area contributed by atoms with Gasteiger partial charge in [-0.25, -0.2) is 4.99 Å². The molecule has 1 aromatic carbocycles. The van der Waals surface area contributed by atoms with Crippen molar-refractivity contribution in [2.45, 2.75) is 25.7 Å². The highest BCUT2D eigenvalue weighted by molar-refractivity contribution is 14.0. The van der Waals surface area contributed by atoms with Gasteiger partial charge >= 0.3 is 6.18 Å². The van der Waals surface area contributed by atoms with Crippen molar-refractivity contribution in [3.63, 3.8) is 0 Å². The van der Waals surface area contributed by atoms with Gasteiger partial charge in [-0.2, -0.15) is 13.2 Å². The van der Waals surface area contributed by atoms with Gasteiger partial charge in [-0.1, -0.05) is 6.07 Å². The first-order valence-electron chi connectivity index (χ1n) is 9.65. The third-order valence-corrected chi connectivity index (χ3v) is 4.24. The van der Waals surface area contributed by atoms with Crippen molar-refractivity contribution in [1.29, 1.82) is 0 Å². The van der Waals surface area contributed by atoms with Gasteiger partial charge in [-0.05, 0) is 43.3 Å². The van der Waals surface area contributed by atoms with Crippen LogP contribution in [0.2, 0.25) is 0 Å². The average Bonchev–Trinajstić information content (AvgIpc) is 3.17. The number of aliphatic hydroxyl groups is 1. The standard InChI is InChI=1S/C20H23F3N6O2.HI/c1-2-24-19(26-12-18-28-27-17-5-3-4-10-29(17)18)25-11-15(30)13-31-16-8-6-14(7-9-16)20(21,22)23;/h3-10,15,30H,2,11-13H2,1H3,(H2,24,25,26);1H. The molecule has 3 rings (SSSR count). The van der Waals surface area contributed by atoms with E-state index in [-0.39, 0.29) is 49.4 Å². The topological polar surface area (TPSA) is 96.1 Å². The second-order valence-electron chi connectivity index (χ2n) is 6.61. The number of aliphatic imine (C=N–C) groups is 1. The van der Waals surface area contributed by atoms with Crippen LogP contribution < -0.4 is 15.4 Å². The predicted octanol–water partition coefficient (Wildman–Crippen LogP) is 2.86. The fourth-order valence-electron chi connectivity index (χ4n) is 2.70. The molecular weight excluding hydrogens is 540 g/mol. The normalized spacial score (nSPS) is 12.8. The first-order valence-corrected chi connectivity index (χ1v) is 9.65. The molecule has 0 fully saturated rings. The lowest BCUT2D eigenvalue weighted by molar-refractivity contribution is -0.137. The third kappa shape index (κ3) is 7.22. The minimum absolute atomic E-state index is 0. The molecule has 174 valence electrons. The van der Waals surface area contributed by atoms with Crippen LogP contribution in [0.15, 0.2) is 53.7 Å². The first-order chi connectivity index (χ1) is 14.9. The Kier molecular flexibility index (Phi) is 9.50. The summed E-state index contributed by atoms with van der Waals surface area (Å²) in [7, 11) is 0. The molecule has 3 aromatic rings. The second-order valence-corrected chi connectivity index (χ2v) is 6.61. The van der Waals surface area contributed by atoms with E-state index in [4.69, 9.17) is 4.74 Å². The first kappa shape index (κ1) is 25.6. The maximum Gasteiger partial charge on any atom is 0.416 e. The van der Waals surface area contributed by atoms with Gasteiger partial charge in [0.25, 0.3) is 0 Å². The number of hydrogen-bond donors (Lipinski definition) is 3. The molecule has 2 aromatic heterocycles. The highest BCUT2D eigenvalue weighted by Crippen LogP contribution is 2.30. The fourth-order valence-corrected chi connectivity index (χ4v) is 2.70. The Hall–Kier alpha value is -2.61. The van der Waals surface area contributed by atoms with Crippen LogP contribution in [0, 0.1) is 0 Å². The minimum Gasteiger partial charge on any atom is -0.491 e. The molecule has 2 heterocycles. The van der Waals surface area contributed by atoms with Crippen molar-refractivity contribution in [3.05, 3.63) is 60.0 Å². The molecular formula is C20H24F3IN6O2. The zero-order valence-electron chi connectivity index (χ0n) is 17.2. The van der Waals surface area contributed by atoms with E-state index in [2.05, 4.69) is 25.8 Å². The number of aliphatic hydroxyl groups excluding tert-OH is 1. The van der Waals surface area contributed by atoms with Crippen molar-refractivity contribution in [3.8, 4) is 5.75 Å². The number of aromatic nitrogens is 3. The number of alkyl halides is 3. The maximum atomic E-state index is 12.6. The number of benzene rings is 1. The van der Waals surface area contributed by atoms with Crippen LogP contribution in [0.1, 0.15) is 18.3 Å². The highest BCUT2D eigenvalue weighted by atomic mass is 127. The van der Waals surface area contributed by atoms with Gasteiger partial charge < -0.3 is 20.5 Å². The quantitative estimate of drug-likeness (QED) is 0.221. The van der Waals surface area contributed by atoms with Crippen LogP contribution >= 0.6 is 24.0 Å². The monoisotopic (exact) mass is 564 g/mol. The zero-order valence-corrected chi connectivity index (χ0v) is 19.5. The highest BCUT2D eigenvalue weighted by Gasteiger charge is 2.30. The fraction of sp³-hybridized carbons (Fsp3) is 0.350. The number of nitrogens with zero attached hydrogens (tertiary/aromatic N) is 4. The number of halogens is 4. The molecule has 12 heteroatoms. The summed E-state index contributed by atoms with van der Waals surface area (Å²) in [5.74, 6) is 1.38. The molecule has 1 unspecified atom stereocenters. The van der Waals surface area contributed by atoms with Crippen LogP contribution in [0.5, 0.6) is 5.75 Å². The van der Waals surface area contributed by atoms with Crippen molar-refractivity contribution in [2.24, 2.45) is 4.99 Å². The van der Waals surface area contributed by atoms with E-state index >= 15 is 0 Å². The van der Waals surface area contributed by atoms with E-state index in [1.165, 1.54) is 12.1 Å². The minimum atomic E-state index is -4.40. The van der Waals surface area contributed by atoms with Gasteiger partial charge in [-0.15, -0.1) is 34.2 Å². The molecule has 0 aliphatic heterocycles. The molecule has 0 saturated carbocycles. The largest absolute Gasteiger partial charge is 0.491 e. The van der Waals surface area contributed by atoms with E-state index in [0.29, 0.717) is 18.3 Å². The van der Waals surface area contributed by atoms with Crippen molar-refractivity contribution < 1.29 is 23.0 Å². The van der Waals surface area contributed by atoms with Crippen molar-refractivity contribution >= 4 is 35.6 Å². The summed E-state index contributed by atoms with van der Waals surface area (Å²) >= 11 is 0. The molecule has 0 bridgehead atoms. The molecule has 0 radical (unpaired) electrons. The Labute approximate surface area is 199 Å². The van der Waals surface area contributed by atoms with E-state index in [1.807, 2.05) is 35.7 Å². The lowest BCUT2D eigenvalue weighted by atomic mass is 10.2. The Morgan fingerprint density at radius 3 is 2.59 bits per heavy atom. The van der Waals surface area contributed by atoms with Crippen LogP contribution in [-0.4, -0.2) is 51.5 Å². The van der Waals surface area contributed by atoms with Crippen LogP contribution in [0.25, 0.3) is 5.65 Å². The summed E-state index contributed by atoms with van der Waals surface area (Å²) in [6, 6.07) is 9.90. The van der Waals surface area contributed by atoms with E-state index in [9.17, 15) is 18.3 Å². The van der Waals surface area contributed by atoms with Gasteiger partial charge in [0.15, 0.2) is 17.4 Å². The molecule has 0 saturated heterocycles. The van der Waals surface area contributed by atoms with Crippen LogP contribution in [-0.2, 0) is 12.7 Å². The van der Waals surface area contributed by atoms with Gasteiger partial charge in [-0.3, -0.25) is 4.40 Å². The Morgan fingerprint density at radius 2 is 1.91 bits per heavy atom.